The first-order valence-electron chi connectivity index (χ1n) is 7.26. The molecule has 0 rings (SSSR count). The first-order chi connectivity index (χ1) is 10.7. The Bertz CT molecular complexity index is 430. The van der Waals surface area contributed by atoms with Crippen LogP contribution in [0.3, 0.4) is 0 Å². The van der Waals surface area contributed by atoms with Gasteiger partial charge >= 0.3 is 11.9 Å². The van der Waals surface area contributed by atoms with Crippen molar-refractivity contribution in [1.82, 2.24) is 0 Å². The van der Waals surface area contributed by atoms with E-state index >= 15 is 0 Å². The summed E-state index contributed by atoms with van der Waals surface area (Å²) < 4.78 is 9.61. The van der Waals surface area contributed by atoms with Crippen molar-refractivity contribution in [3.63, 3.8) is 0 Å². The van der Waals surface area contributed by atoms with Gasteiger partial charge in [-0.2, -0.15) is 0 Å². The number of aliphatic hydroxyl groups excluding tert-OH is 2. The molecule has 0 saturated carbocycles. The molecule has 0 radical (unpaired) electrons. The average molecular weight is 332 g/mol. The van der Waals surface area contributed by atoms with Crippen molar-refractivity contribution >= 4 is 23.5 Å². The molecule has 0 fully saturated rings. The minimum Gasteiger partial charge on any atom is -0.465 e. The summed E-state index contributed by atoms with van der Waals surface area (Å²) in [5, 5.41) is 19.3. The normalized spacial score (nSPS) is 15.9. The smallest absolute Gasteiger partial charge is 0.322 e. The maximum absolute atomic E-state index is 12.2. The number of carbonyl (C=O) groups is 4. The highest BCUT2D eigenvalue weighted by Crippen LogP contribution is 2.38. The third-order valence-corrected chi connectivity index (χ3v) is 3.82. The second kappa shape index (κ2) is 8.73. The third kappa shape index (κ3) is 4.14. The van der Waals surface area contributed by atoms with Gasteiger partial charge in [-0.3, -0.25) is 19.2 Å². The lowest BCUT2D eigenvalue weighted by molar-refractivity contribution is -0.173. The summed E-state index contributed by atoms with van der Waals surface area (Å²) >= 11 is 0. The second-order valence-corrected chi connectivity index (χ2v) is 5.21. The van der Waals surface area contributed by atoms with Gasteiger partial charge in [0.1, 0.15) is 11.6 Å². The third-order valence-electron chi connectivity index (χ3n) is 3.82. The zero-order valence-electron chi connectivity index (χ0n) is 13.9. The highest BCUT2D eigenvalue weighted by atomic mass is 16.5. The number of aliphatic hydroxyl groups is 2. The van der Waals surface area contributed by atoms with Gasteiger partial charge in [0.2, 0.25) is 0 Å². The summed E-state index contributed by atoms with van der Waals surface area (Å²) in [5.74, 6) is -3.67. The summed E-state index contributed by atoms with van der Waals surface area (Å²) in [5.41, 5.74) is -4.26. The van der Waals surface area contributed by atoms with Gasteiger partial charge < -0.3 is 19.7 Å². The number of rotatable bonds is 10. The van der Waals surface area contributed by atoms with E-state index in [1.54, 1.807) is 0 Å². The van der Waals surface area contributed by atoms with Gasteiger partial charge in [0, 0.05) is 0 Å². The van der Waals surface area contributed by atoms with Crippen LogP contribution in [0.1, 0.15) is 34.1 Å². The molecule has 23 heavy (non-hydrogen) atoms. The van der Waals surface area contributed by atoms with Crippen LogP contribution in [0.4, 0.5) is 0 Å². The van der Waals surface area contributed by atoms with Crippen LogP contribution >= 0.6 is 0 Å². The molecule has 8 nitrogen and oxygen atoms in total. The van der Waals surface area contributed by atoms with Gasteiger partial charge in [0.05, 0.1) is 26.4 Å². The molecule has 0 aromatic carbocycles. The van der Waals surface area contributed by atoms with Crippen LogP contribution in [0, 0.1) is 10.8 Å². The van der Waals surface area contributed by atoms with Gasteiger partial charge in [0.25, 0.3) is 0 Å². The minimum absolute atomic E-state index is 0.0561. The number of ether oxygens (including phenoxy) is 2. The molecule has 0 aromatic rings. The molecule has 0 saturated heterocycles. The van der Waals surface area contributed by atoms with Crippen molar-refractivity contribution in [1.29, 1.82) is 0 Å². The molecule has 2 N–H and O–H groups in total. The molecule has 0 aromatic heterocycles. The van der Waals surface area contributed by atoms with Crippen LogP contribution in [-0.2, 0) is 28.7 Å². The molecule has 0 aliphatic heterocycles. The molecule has 0 heterocycles. The summed E-state index contributed by atoms with van der Waals surface area (Å²) in [6.07, 6.45) is -0.727. The number of hydrogen-bond donors (Lipinski definition) is 2. The van der Waals surface area contributed by atoms with Crippen molar-refractivity contribution in [2.75, 3.05) is 26.4 Å². The van der Waals surface area contributed by atoms with Crippen LogP contribution in [0.25, 0.3) is 0 Å². The number of Topliss-reactive ketones (excluding diaryl/α,β-unsaturated/α-hetero) is 2. The van der Waals surface area contributed by atoms with E-state index in [2.05, 4.69) is 0 Å². The topological polar surface area (TPSA) is 127 Å². The van der Waals surface area contributed by atoms with Crippen LogP contribution in [0.15, 0.2) is 0 Å². The maximum Gasteiger partial charge on any atom is 0.322 e. The molecule has 0 spiro atoms. The van der Waals surface area contributed by atoms with E-state index in [9.17, 15) is 29.4 Å². The highest BCUT2D eigenvalue weighted by molar-refractivity contribution is 6.07. The summed E-state index contributed by atoms with van der Waals surface area (Å²) in [6.45, 7) is 3.07. The fourth-order valence-corrected chi connectivity index (χ4v) is 2.20. The number of carbonyl (C=O) groups excluding carboxylic acids is 4. The van der Waals surface area contributed by atoms with E-state index in [1.807, 2.05) is 0 Å². The molecular formula is C15H24O8. The Balaban J connectivity index is 6.07. The SMILES string of the molecule is CCOC(=O)[C@@](CO)(C[C@@](CO)(C(C)=O)C(=O)OCC)C(C)=O. The van der Waals surface area contributed by atoms with E-state index in [1.165, 1.54) is 13.8 Å². The van der Waals surface area contributed by atoms with Crippen molar-refractivity contribution in [2.45, 2.75) is 34.1 Å². The van der Waals surface area contributed by atoms with Crippen molar-refractivity contribution < 1.29 is 38.9 Å². The van der Waals surface area contributed by atoms with Crippen LogP contribution in [0.2, 0.25) is 0 Å². The predicted octanol–water partition coefficient (Wildman–Crippen LogP) is -0.362. The van der Waals surface area contributed by atoms with Crippen molar-refractivity contribution in [3.05, 3.63) is 0 Å². The fraction of sp³-hybridized carbons (Fsp3) is 0.733. The van der Waals surface area contributed by atoms with E-state index in [4.69, 9.17) is 9.47 Å². The van der Waals surface area contributed by atoms with Gasteiger partial charge in [-0.25, -0.2) is 0 Å². The lowest BCUT2D eigenvalue weighted by Crippen LogP contribution is -2.53. The average Bonchev–Trinajstić information content (AvgIpc) is 2.48. The first kappa shape index (κ1) is 21.2. The van der Waals surface area contributed by atoms with Gasteiger partial charge in [-0.15, -0.1) is 0 Å². The van der Waals surface area contributed by atoms with Crippen LogP contribution in [-0.4, -0.2) is 60.1 Å². The fourth-order valence-electron chi connectivity index (χ4n) is 2.20. The second-order valence-electron chi connectivity index (χ2n) is 5.21. The molecular weight excluding hydrogens is 308 g/mol. The van der Waals surface area contributed by atoms with E-state index in [0.29, 0.717) is 0 Å². The molecule has 8 heteroatoms. The van der Waals surface area contributed by atoms with Gasteiger partial charge in [-0.1, -0.05) is 0 Å². The van der Waals surface area contributed by atoms with E-state index in [-0.39, 0.29) is 13.2 Å². The zero-order valence-corrected chi connectivity index (χ0v) is 13.9. The summed E-state index contributed by atoms with van der Waals surface area (Å²) in [6, 6.07) is 0. The minimum atomic E-state index is -2.13. The molecule has 132 valence electrons. The Hall–Kier alpha value is -1.80. The largest absolute Gasteiger partial charge is 0.465 e. The lowest BCUT2D eigenvalue weighted by atomic mass is 9.67. The number of ketones is 2. The lowest BCUT2D eigenvalue weighted by Gasteiger charge is -2.35. The molecule has 0 bridgehead atoms. The quantitative estimate of drug-likeness (QED) is 0.410. The molecule has 0 aliphatic carbocycles. The molecule has 0 aliphatic rings. The van der Waals surface area contributed by atoms with Crippen LogP contribution < -0.4 is 0 Å². The Labute approximate surface area is 134 Å². The molecule has 0 amide bonds. The zero-order chi connectivity index (χ0) is 18.3. The molecule has 0 unspecified atom stereocenters. The highest BCUT2D eigenvalue weighted by Gasteiger charge is 2.56. The Morgan fingerprint density at radius 1 is 0.783 bits per heavy atom. The molecule has 2 atom stereocenters. The Morgan fingerprint density at radius 3 is 1.26 bits per heavy atom. The number of esters is 2. The Kier molecular flexibility index (Phi) is 8.05. The van der Waals surface area contributed by atoms with Crippen molar-refractivity contribution in [2.24, 2.45) is 10.8 Å². The first-order valence-corrected chi connectivity index (χ1v) is 7.26. The predicted molar refractivity (Wildman–Crippen MR) is 78.3 cm³/mol. The Morgan fingerprint density at radius 2 is 1.09 bits per heavy atom. The monoisotopic (exact) mass is 332 g/mol. The van der Waals surface area contributed by atoms with Gasteiger partial charge in [-0.05, 0) is 34.1 Å². The van der Waals surface area contributed by atoms with E-state index < -0.39 is 54.0 Å². The number of hydrogen-bond acceptors (Lipinski definition) is 8. The standard InChI is InChI=1S/C15H24O8/c1-5-22-12(20)14(8-16,10(3)18)7-15(9-17,11(4)19)13(21)23-6-2/h16-17H,5-9H2,1-4H3/t14-,15-/m1/s1. The van der Waals surface area contributed by atoms with Crippen LogP contribution in [0.5, 0.6) is 0 Å². The van der Waals surface area contributed by atoms with Gasteiger partial charge in [0.15, 0.2) is 10.8 Å². The van der Waals surface area contributed by atoms with E-state index in [0.717, 1.165) is 13.8 Å². The van der Waals surface area contributed by atoms with Crippen molar-refractivity contribution in [3.8, 4) is 0 Å². The summed E-state index contributed by atoms with van der Waals surface area (Å²) in [4.78, 5) is 48.4. The maximum atomic E-state index is 12.2. The summed E-state index contributed by atoms with van der Waals surface area (Å²) in [7, 11) is 0.